The normalized spacial score (nSPS) is 36.3. The van der Waals surface area contributed by atoms with Crippen LogP contribution in [0.3, 0.4) is 0 Å². The maximum atomic E-state index is 15.0. The van der Waals surface area contributed by atoms with Gasteiger partial charge in [-0.05, 0) is 386 Å². The summed E-state index contributed by atoms with van der Waals surface area (Å²) < 4.78 is 119. The van der Waals surface area contributed by atoms with Gasteiger partial charge in [0.15, 0.2) is 46.5 Å². The second kappa shape index (κ2) is 42.9. The molecule has 0 nitrogen and oxygen atoms in total. The standard InChI is InChI=1S/C29H44F2.3C26H38F2/c1-20-3-7-22(8-4-20)17-23-11-13-25(14-12-23)19-27-16-15-26(28(30)29(27)31)18-24-9-5-21(2)6-10-24;3*1-17-3-7-19(8-4-17)20-11-13-22(14-12-20)24-16-15-23(25(27)26(24)28)21-9-5-18(2)6-10-21/h15-16,20-25H,3-14,17-19H2,1-2H3;3*15-22H,3-14H2,1-2H3. The van der Waals surface area contributed by atoms with Gasteiger partial charge in [0.25, 0.3) is 0 Å². The molecule has 642 valence electrons. The van der Waals surface area contributed by atoms with Crippen LogP contribution in [0.25, 0.3) is 0 Å². The van der Waals surface area contributed by atoms with Gasteiger partial charge in [-0.1, -0.05) is 232 Å². The molecule has 0 amide bonds. The van der Waals surface area contributed by atoms with Crippen molar-refractivity contribution in [3.8, 4) is 0 Å². The average Bonchev–Trinajstić information content (AvgIpc) is 0.802. The fraction of sp³-hybridized carbons (Fsp3) is 0.776. The van der Waals surface area contributed by atoms with Gasteiger partial charge in [-0.2, -0.15) is 0 Å². The first-order chi connectivity index (χ1) is 55.5. The van der Waals surface area contributed by atoms with Crippen molar-refractivity contribution in [1.82, 2.24) is 0 Å². The van der Waals surface area contributed by atoms with Gasteiger partial charge in [-0.15, -0.1) is 0 Å². The molecule has 115 heavy (non-hydrogen) atoms. The maximum Gasteiger partial charge on any atom is 0.162 e. The van der Waals surface area contributed by atoms with Gasteiger partial charge in [0.1, 0.15) is 0 Å². The number of hydrogen-bond acceptors (Lipinski definition) is 0. The molecule has 0 bridgehead atoms. The summed E-state index contributed by atoms with van der Waals surface area (Å²) in [7, 11) is 0. The Hall–Kier alpha value is -3.68. The van der Waals surface area contributed by atoms with Crippen LogP contribution in [0.15, 0.2) is 48.5 Å². The van der Waals surface area contributed by atoms with Crippen molar-refractivity contribution in [2.24, 2.45) is 107 Å². The molecule has 12 fully saturated rings. The van der Waals surface area contributed by atoms with Crippen LogP contribution in [0.5, 0.6) is 0 Å². The van der Waals surface area contributed by atoms with Gasteiger partial charge < -0.3 is 0 Å². The fourth-order valence-corrected chi connectivity index (χ4v) is 26.1. The minimum atomic E-state index is -0.559. The first-order valence-corrected chi connectivity index (χ1v) is 49.4. The van der Waals surface area contributed by atoms with E-state index in [4.69, 9.17) is 0 Å². The molecule has 4 aromatic carbocycles. The summed E-state index contributed by atoms with van der Waals surface area (Å²) in [6, 6.07) is 15.3. The van der Waals surface area contributed by atoms with Gasteiger partial charge in [-0.25, -0.2) is 35.1 Å². The highest BCUT2D eigenvalue weighted by molar-refractivity contribution is 5.35. The summed E-state index contributed by atoms with van der Waals surface area (Å²) in [4.78, 5) is 0. The molecule has 0 unspecified atom stereocenters. The van der Waals surface area contributed by atoms with Crippen molar-refractivity contribution in [2.45, 2.75) is 418 Å². The van der Waals surface area contributed by atoms with E-state index in [1.54, 1.807) is 0 Å². The molecule has 12 saturated carbocycles. The molecule has 4 aromatic rings. The predicted molar refractivity (Wildman–Crippen MR) is 464 cm³/mol. The van der Waals surface area contributed by atoms with E-state index in [0.717, 1.165) is 230 Å². The lowest BCUT2D eigenvalue weighted by Gasteiger charge is -2.37. The second-order valence-electron chi connectivity index (χ2n) is 43.2. The van der Waals surface area contributed by atoms with Crippen molar-refractivity contribution in [3.63, 3.8) is 0 Å². The minimum absolute atomic E-state index is 0.212. The van der Waals surface area contributed by atoms with Crippen LogP contribution in [0.2, 0.25) is 0 Å². The molecule has 12 aliphatic rings. The zero-order valence-corrected chi connectivity index (χ0v) is 73.6. The molecule has 0 atom stereocenters. The van der Waals surface area contributed by atoms with Gasteiger partial charge in [0.2, 0.25) is 0 Å². The van der Waals surface area contributed by atoms with E-state index in [1.807, 2.05) is 48.5 Å². The largest absolute Gasteiger partial charge is 0.203 e. The molecule has 8 heteroatoms. The van der Waals surface area contributed by atoms with Crippen molar-refractivity contribution in [2.75, 3.05) is 0 Å². The van der Waals surface area contributed by atoms with Gasteiger partial charge in [0, 0.05) is 0 Å². The predicted octanol–water partition coefficient (Wildman–Crippen LogP) is 34.0. The van der Waals surface area contributed by atoms with E-state index in [0.29, 0.717) is 62.8 Å². The highest BCUT2D eigenvalue weighted by Gasteiger charge is 2.39. The zero-order valence-electron chi connectivity index (χ0n) is 73.6. The second-order valence-corrected chi connectivity index (χ2v) is 43.2. The van der Waals surface area contributed by atoms with E-state index >= 15 is 0 Å². The Balaban J connectivity index is 0.000000134. The monoisotopic (exact) mass is 1600 g/mol. The molecule has 0 aliphatic heterocycles. The molecule has 16 rings (SSSR count). The SMILES string of the molecule is CC1CCC(Cc2ccc(CC3CCC(CC4CCC(C)CC4)CC3)c(F)c2F)CC1.CC1CCC(c2ccc(C3CCC(C4CCC(C)CC4)CC3)c(F)c2F)CC1.CC1CCC(c2ccc(C3CCC(C4CCC(C)CC4)CC3)c(F)c2F)CC1.CC1CCC(c2ccc(C3CCC(C4CCC(C)CC4)CC3)c(F)c2F)CC1. The number of halogens is 8. The zero-order chi connectivity index (χ0) is 80.8. The van der Waals surface area contributed by atoms with Crippen LogP contribution in [-0.4, -0.2) is 0 Å². The summed E-state index contributed by atoms with van der Waals surface area (Å²) >= 11 is 0. The molecule has 0 radical (unpaired) electrons. The molecule has 0 spiro atoms. The van der Waals surface area contributed by atoms with Gasteiger partial charge >= 0.3 is 0 Å². The van der Waals surface area contributed by atoms with Crippen LogP contribution in [-0.2, 0) is 12.8 Å². The molecule has 0 heterocycles. The van der Waals surface area contributed by atoms with E-state index in [2.05, 4.69) is 55.4 Å². The minimum Gasteiger partial charge on any atom is -0.203 e. The topological polar surface area (TPSA) is 0 Å². The van der Waals surface area contributed by atoms with Crippen molar-refractivity contribution in [3.05, 3.63) is 140 Å². The van der Waals surface area contributed by atoms with E-state index < -0.39 is 46.5 Å². The van der Waals surface area contributed by atoms with Crippen LogP contribution in [0.1, 0.15) is 450 Å². The number of hydrogen-bond donors (Lipinski definition) is 0. The Morgan fingerprint density at radius 2 is 0.322 bits per heavy atom. The third-order valence-electron chi connectivity index (χ3n) is 34.8. The van der Waals surface area contributed by atoms with Crippen LogP contribution < -0.4 is 0 Å². The molecular formula is C107H158F8. The lowest BCUT2D eigenvalue weighted by atomic mass is 9.68. The molecule has 12 aliphatic carbocycles. The quantitative estimate of drug-likeness (QED) is 0.104. The Morgan fingerprint density at radius 3 is 0.530 bits per heavy atom. The van der Waals surface area contributed by atoms with Crippen molar-refractivity contribution >= 4 is 0 Å². The first-order valence-electron chi connectivity index (χ1n) is 49.4. The van der Waals surface area contributed by atoms with E-state index in [9.17, 15) is 35.1 Å². The lowest BCUT2D eigenvalue weighted by molar-refractivity contribution is 0.164. The molecule has 0 aromatic heterocycles. The lowest BCUT2D eigenvalue weighted by Crippen LogP contribution is -2.25. The van der Waals surface area contributed by atoms with Crippen LogP contribution in [0, 0.1) is 153 Å². The Labute approximate surface area is 695 Å². The maximum absolute atomic E-state index is 15.0. The molecule has 0 saturated heterocycles. The van der Waals surface area contributed by atoms with Gasteiger partial charge in [-0.3, -0.25) is 0 Å². The Kier molecular flexibility index (Phi) is 33.2. The number of rotatable bonds is 15. The van der Waals surface area contributed by atoms with Crippen molar-refractivity contribution in [1.29, 1.82) is 0 Å². The summed E-state index contributed by atoms with van der Waals surface area (Å²) in [5.74, 6) is 11.5. The Morgan fingerprint density at radius 1 is 0.174 bits per heavy atom. The average molecular weight is 1600 g/mol. The molecule has 0 N–H and O–H groups in total. The van der Waals surface area contributed by atoms with Crippen LogP contribution >= 0.6 is 0 Å². The smallest absolute Gasteiger partial charge is 0.162 e. The van der Waals surface area contributed by atoms with E-state index in [1.165, 1.54) is 186 Å². The molecular weight excluding hydrogens is 1440 g/mol. The third-order valence-corrected chi connectivity index (χ3v) is 34.8. The summed E-state index contributed by atoms with van der Waals surface area (Å²) in [6.07, 6.45) is 61.1. The van der Waals surface area contributed by atoms with Gasteiger partial charge in [0.05, 0.1) is 0 Å². The summed E-state index contributed by atoms with van der Waals surface area (Å²) in [5.41, 5.74) is 5.09. The highest BCUT2D eigenvalue weighted by atomic mass is 19.2. The van der Waals surface area contributed by atoms with E-state index in [-0.39, 0.29) is 35.5 Å². The van der Waals surface area contributed by atoms with Crippen molar-refractivity contribution < 1.29 is 35.1 Å². The Bertz CT molecular complexity index is 3280. The number of benzene rings is 4. The summed E-state index contributed by atoms with van der Waals surface area (Å²) in [6.45, 7) is 18.6. The fourth-order valence-electron chi connectivity index (χ4n) is 26.1. The van der Waals surface area contributed by atoms with Crippen LogP contribution in [0.4, 0.5) is 35.1 Å². The summed E-state index contributed by atoms with van der Waals surface area (Å²) in [5, 5.41) is 0. The highest BCUT2D eigenvalue weighted by Crippen LogP contribution is 2.51. The third kappa shape index (κ3) is 24.0. The first kappa shape index (κ1) is 89.1.